The largest absolute Gasteiger partial charge is 0.381 e. The van der Waals surface area contributed by atoms with Gasteiger partial charge < -0.3 is 20.3 Å². The lowest BCUT2D eigenvalue weighted by Gasteiger charge is -2.45. The van der Waals surface area contributed by atoms with Crippen molar-refractivity contribution in [3.63, 3.8) is 0 Å². The van der Waals surface area contributed by atoms with Crippen molar-refractivity contribution >= 4 is 17.7 Å². The van der Waals surface area contributed by atoms with Crippen LogP contribution >= 0.6 is 0 Å². The minimum absolute atomic E-state index is 0.0456. The highest BCUT2D eigenvalue weighted by molar-refractivity contribution is 5.80. The second-order valence-electron chi connectivity index (χ2n) is 10.9. The highest BCUT2D eigenvalue weighted by atomic mass is 19.1. The lowest BCUT2D eigenvalue weighted by atomic mass is 9.97. The number of nitrogens with one attached hydrogen (secondary N) is 2. The van der Waals surface area contributed by atoms with Crippen molar-refractivity contribution in [3.8, 4) is 0 Å². The zero-order valence-corrected chi connectivity index (χ0v) is 21.8. The molecule has 5 rings (SSSR count). The van der Waals surface area contributed by atoms with Crippen LogP contribution in [0.1, 0.15) is 57.6 Å². The fourth-order valence-electron chi connectivity index (χ4n) is 5.65. The fourth-order valence-corrected chi connectivity index (χ4v) is 5.65. The molecule has 2 N–H and O–H groups in total. The van der Waals surface area contributed by atoms with Crippen molar-refractivity contribution in [1.82, 2.24) is 34.9 Å². The molecule has 10 nitrogen and oxygen atoms in total. The summed E-state index contributed by atoms with van der Waals surface area (Å²) in [7, 11) is 0. The monoisotopic (exact) mass is 500 g/mol. The number of rotatable bonds is 4. The summed E-state index contributed by atoms with van der Waals surface area (Å²) >= 11 is 0. The van der Waals surface area contributed by atoms with E-state index in [1.54, 1.807) is 6.92 Å². The number of ether oxygens (including phenoxy) is 1. The van der Waals surface area contributed by atoms with E-state index in [0.29, 0.717) is 30.6 Å². The molecule has 0 aliphatic carbocycles. The number of hydrogen-bond acceptors (Lipinski definition) is 8. The number of fused-ring (bicyclic) bond motifs is 1. The molecule has 0 radical (unpaired) electrons. The number of piperazine rings is 1. The Morgan fingerprint density at radius 2 is 1.97 bits per heavy atom. The number of halogens is 1. The topological polar surface area (TPSA) is 100 Å². The number of anilines is 2. The van der Waals surface area contributed by atoms with Crippen LogP contribution in [0.5, 0.6) is 0 Å². The molecule has 2 aromatic heterocycles. The zero-order chi connectivity index (χ0) is 25.6. The van der Waals surface area contributed by atoms with Gasteiger partial charge in [0, 0.05) is 57.0 Å². The molecule has 0 bridgehead atoms. The highest BCUT2D eigenvalue weighted by Crippen LogP contribution is 2.36. The predicted octanol–water partition coefficient (Wildman–Crippen LogP) is 2.99. The highest BCUT2D eigenvalue weighted by Gasteiger charge is 2.41. The Morgan fingerprint density at radius 3 is 2.72 bits per heavy atom. The standard InChI is InChI=1S/C25H37FN8O2/c1-15-13-33(16(2)12-32(15)14-18-6-8-36-9-7-18)24(35)34-21-19(10-28-25(21,4)5)22(31-34)30-23-20(26)11-27-17(3)29-23/h11,15-16,18,28H,6-10,12-14H2,1-5H3,(H,27,29,30,31)/t15-,16+/m1/s1. The summed E-state index contributed by atoms with van der Waals surface area (Å²) in [6, 6.07) is 0.142. The van der Waals surface area contributed by atoms with Crippen molar-refractivity contribution in [2.24, 2.45) is 5.92 Å². The molecule has 3 aliphatic heterocycles. The maximum Gasteiger partial charge on any atom is 0.345 e. The van der Waals surface area contributed by atoms with E-state index in [4.69, 9.17) is 4.74 Å². The Hall–Kier alpha value is -2.63. The van der Waals surface area contributed by atoms with E-state index >= 15 is 0 Å². The zero-order valence-electron chi connectivity index (χ0n) is 21.8. The Labute approximate surface area is 211 Å². The van der Waals surface area contributed by atoms with Gasteiger partial charge in [0.05, 0.1) is 17.4 Å². The summed E-state index contributed by atoms with van der Waals surface area (Å²) in [4.78, 5) is 26.4. The molecule has 2 atom stereocenters. The van der Waals surface area contributed by atoms with Crippen LogP contribution < -0.4 is 10.6 Å². The molecule has 3 aliphatic rings. The van der Waals surface area contributed by atoms with Gasteiger partial charge in [-0.15, -0.1) is 5.10 Å². The Balaban J connectivity index is 1.39. The van der Waals surface area contributed by atoms with Gasteiger partial charge >= 0.3 is 6.03 Å². The van der Waals surface area contributed by atoms with Gasteiger partial charge in [-0.1, -0.05) is 0 Å². The van der Waals surface area contributed by atoms with Crippen molar-refractivity contribution in [2.75, 3.05) is 38.2 Å². The van der Waals surface area contributed by atoms with Gasteiger partial charge in [-0.05, 0) is 53.4 Å². The molecule has 36 heavy (non-hydrogen) atoms. The first-order valence-electron chi connectivity index (χ1n) is 12.9. The molecule has 2 aromatic rings. The van der Waals surface area contributed by atoms with E-state index in [9.17, 15) is 9.18 Å². The summed E-state index contributed by atoms with van der Waals surface area (Å²) < 4.78 is 21.4. The molecule has 5 heterocycles. The second kappa shape index (κ2) is 9.68. The average Bonchev–Trinajstić information content (AvgIpc) is 3.36. The lowest BCUT2D eigenvalue weighted by Crippen LogP contribution is -2.60. The van der Waals surface area contributed by atoms with Gasteiger partial charge in [0.1, 0.15) is 5.82 Å². The molecule has 0 spiro atoms. The van der Waals surface area contributed by atoms with Gasteiger partial charge in [0.15, 0.2) is 17.5 Å². The summed E-state index contributed by atoms with van der Waals surface area (Å²) in [5, 5.41) is 11.1. The van der Waals surface area contributed by atoms with E-state index in [-0.39, 0.29) is 23.9 Å². The number of amides is 1. The summed E-state index contributed by atoms with van der Waals surface area (Å²) in [6.07, 6.45) is 3.34. The lowest BCUT2D eigenvalue weighted by molar-refractivity contribution is 0.0188. The average molecular weight is 501 g/mol. The molecule has 0 unspecified atom stereocenters. The first-order valence-corrected chi connectivity index (χ1v) is 12.9. The molecule has 2 fully saturated rings. The van der Waals surface area contributed by atoms with Gasteiger partial charge in [-0.3, -0.25) is 4.90 Å². The Bertz CT molecular complexity index is 1130. The Morgan fingerprint density at radius 1 is 1.22 bits per heavy atom. The number of hydrogen-bond donors (Lipinski definition) is 2. The third kappa shape index (κ3) is 4.71. The van der Waals surface area contributed by atoms with E-state index in [1.165, 1.54) is 4.68 Å². The van der Waals surface area contributed by atoms with Crippen LogP contribution in [-0.2, 0) is 16.8 Å². The number of aromatic nitrogens is 4. The quantitative estimate of drug-likeness (QED) is 0.661. The molecule has 2 saturated heterocycles. The van der Waals surface area contributed by atoms with Crippen molar-refractivity contribution in [3.05, 3.63) is 29.1 Å². The third-order valence-corrected chi connectivity index (χ3v) is 7.76. The summed E-state index contributed by atoms with van der Waals surface area (Å²) in [5.74, 6) is 1.02. The first kappa shape index (κ1) is 25.0. The van der Waals surface area contributed by atoms with Crippen molar-refractivity contribution in [2.45, 2.75) is 71.6 Å². The summed E-state index contributed by atoms with van der Waals surface area (Å²) in [5.41, 5.74) is 1.19. The van der Waals surface area contributed by atoms with E-state index in [2.05, 4.69) is 44.4 Å². The first-order chi connectivity index (χ1) is 17.1. The minimum atomic E-state index is -0.566. The predicted molar refractivity (Wildman–Crippen MR) is 134 cm³/mol. The van der Waals surface area contributed by atoms with Gasteiger partial charge in [-0.2, -0.15) is 4.68 Å². The molecule has 0 aromatic carbocycles. The van der Waals surface area contributed by atoms with Crippen LogP contribution in [0, 0.1) is 18.7 Å². The number of carbonyl (C=O) groups is 1. The normalized spacial score (nSPS) is 24.7. The van der Waals surface area contributed by atoms with Crippen LogP contribution in [0.4, 0.5) is 20.8 Å². The number of nitrogens with zero attached hydrogens (tertiary/aromatic N) is 6. The van der Waals surface area contributed by atoms with Crippen LogP contribution in [-0.4, -0.2) is 80.5 Å². The van der Waals surface area contributed by atoms with Crippen LogP contribution in [0.25, 0.3) is 0 Å². The second-order valence-corrected chi connectivity index (χ2v) is 10.9. The van der Waals surface area contributed by atoms with E-state index in [0.717, 1.165) is 56.6 Å². The molecule has 11 heteroatoms. The third-order valence-electron chi connectivity index (χ3n) is 7.76. The van der Waals surface area contributed by atoms with Gasteiger partial charge in [0.25, 0.3) is 0 Å². The Kier molecular flexibility index (Phi) is 6.73. The fraction of sp³-hybridized carbons (Fsp3) is 0.680. The van der Waals surface area contributed by atoms with Crippen LogP contribution in [0.15, 0.2) is 6.20 Å². The number of aryl methyl sites for hydroxylation is 1. The molecular formula is C25H37FN8O2. The molecular weight excluding hydrogens is 463 g/mol. The maximum absolute atomic E-state index is 14.4. The van der Waals surface area contributed by atoms with Crippen molar-refractivity contribution < 1.29 is 13.9 Å². The van der Waals surface area contributed by atoms with Gasteiger partial charge in [0.2, 0.25) is 0 Å². The molecule has 196 valence electrons. The minimum Gasteiger partial charge on any atom is -0.381 e. The molecule has 0 saturated carbocycles. The SMILES string of the molecule is Cc1ncc(F)c(Nc2nn(C(=O)N3C[C@@H](C)N(CC4CCOCC4)C[C@@H]3C)c3c2CNC3(C)C)n1. The maximum atomic E-state index is 14.4. The van der Waals surface area contributed by atoms with E-state index < -0.39 is 11.4 Å². The van der Waals surface area contributed by atoms with Crippen molar-refractivity contribution in [1.29, 1.82) is 0 Å². The van der Waals surface area contributed by atoms with Gasteiger partial charge in [-0.25, -0.2) is 19.2 Å². The van der Waals surface area contributed by atoms with Crippen LogP contribution in [0.2, 0.25) is 0 Å². The van der Waals surface area contributed by atoms with Crippen LogP contribution in [0.3, 0.4) is 0 Å². The number of carbonyl (C=O) groups excluding carboxylic acids is 1. The van der Waals surface area contributed by atoms with E-state index in [1.807, 2.05) is 18.7 Å². The smallest absolute Gasteiger partial charge is 0.345 e. The molecule has 1 amide bonds. The summed E-state index contributed by atoms with van der Waals surface area (Å²) in [6.45, 7) is 14.8.